The van der Waals surface area contributed by atoms with Crippen LogP contribution in [0.5, 0.6) is 0 Å². The molecule has 124 valence electrons. The number of hydrogen-bond acceptors (Lipinski definition) is 4. The van der Waals surface area contributed by atoms with Gasteiger partial charge in [0.05, 0.1) is 5.56 Å². The number of halogens is 2. The van der Waals surface area contributed by atoms with Crippen molar-refractivity contribution in [3.63, 3.8) is 0 Å². The number of aryl methyl sites for hydroxylation is 1. The monoisotopic (exact) mass is 347 g/mol. The molecule has 2 heterocycles. The van der Waals surface area contributed by atoms with Crippen molar-refractivity contribution in [2.45, 2.75) is 19.4 Å². The maximum Gasteiger partial charge on any atom is 0.296 e. The van der Waals surface area contributed by atoms with Crippen LogP contribution in [-0.4, -0.2) is 30.0 Å². The Kier molecular flexibility index (Phi) is 4.76. The first-order valence-electron chi connectivity index (χ1n) is 7.46. The van der Waals surface area contributed by atoms with Crippen molar-refractivity contribution in [3.05, 3.63) is 46.5 Å². The Morgan fingerprint density at radius 3 is 3.00 bits per heavy atom. The summed E-state index contributed by atoms with van der Waals surface area (Å²) in [5.74, 6) is 2.86. The number of nitrogens with one attached hydrogen (secondary N) is 1. The fraction of sp³-hybridized carbons (Fsp3) is 0.294. The third-order valence-corrected chi connectivity index (χ3v) is 4.62. The van der Waals surface area contributed by atoms with E-state index in [0.29, 0.717) is 6.54 Å². The van der Waals surface area contributed by atoms with E-state index in [1.54, 1.807) is 11.3 Å². The molecule has 1 amide bonds. The summed E-state index contributed by atoms with van der Waals surface area (Å²) in [6.45, 7) is 3.49. The van der Waals surface area contributed by atoms with Gasteiger partial charge >= 0.3 is 0 Å². The molecule has 1 N–H and O–H groups in total. The molecule has 2 aromatic rings. The van der Waals surface area contributed by atoms with E-state index in [0.717, 1.165) is 35.1 Å². The molecule has 24 heavy (non-hydrogen) atoms. The van der Waals surface area contributed by atoms with Crippen LogP contribution in [-0.2, 0) is 4.79 Å². The van der Waals surface area contributed by atoms with E-state index in [1.165, 1.54) is 6.07 Å². The number of thiazole rings is 1. The molecule has 1 unspecified atom stereocenters. The van der Waals surface area contributed by atoms with E-state index >= 15 is 0 Å². The van der Waals surface area contributed by atoms with Gasteiger partial charge in [0.25, 0.3) is 5.91 Å². The summed E-state index contributed by atoms with van der Waals surface area (Å²) in [5.41, 5.74) is -0.00198. The van der Waals surface area contributed by atoms with E-state index in [-0.39, 0.29) is 11.6 Å². The number of amides is 1. The molecule has 1 aliphatic heterocycles. The van der Waals surface area contributed by atoms with E-state index in [1.807, 2.05) is 13.1 Å². The molecule has 0 radical (unpaired) electrons. The van der Waals surface area contributed by atoms with Crippen LogP contribution in [0.3, 0.4) is 0 Å². The van der Waals surface area contributed by atoms with Crippen LogP contribution >= 0.6 is 11.3 Å². The summed E-state index contributed by atoms with van der Waals surface area (Å²) < 4.78 is 26.3. The Hall–Kier alpha value is -2.46. The van der Waals surface area contributed by atoms with E-state index in [2.05, 4.69) is 27.0 Å². The second kappa shape index (κ2) is 6.97. The van der Waals surface area contributed by atoms with Crippen LogP contribution in [0.2, 0.25) is 0 Å². The minimum atomic E-state index is -0.776. The van der Waals surface area contributed by atoms with Crippen molar-refractivity contribution in [1.82, 2.24) is 10.3 Å². The van der Waals surface area contributed by atoms with Crippen molar-refractivity contribution >= 4 is 22.4 Å². The molecule has 0 bridgehead atoms. The SMILES string of the molecule is Cc1cnc(N2CCC(NC(=O)C#Cc3ccc(F)cc3F)C2)s1. The lowest BCUT2D eigenvalue weighted by Crippen LogP contribution is -2.36. The second-order valence-corrected chi connectivity index (χ2v) is 6.75. The Labute approximate surface area is 142 Å². The predicted octanol–water partition coefficient (Wildman–Crippen LogP) is 2.48. The van der Waals surface area contributed by atoms with Crippen LogP contribution in [0, 0.1) is 30.4 Å². The van der Waals surface area contributed by atoms with Gasteiger partial charge in [-0.25, -0.2) is 13.8 Å². The van der Waals surface area contributed by atoms with Gasteiger partial charge in [-0.15, -0.1) is 11.3 Å². The lowest BCUT2D eigenvalue weighted by atomic mass is 10.2. The maximum absolute atomic E-state index is 13.5. The largest absolute Gasteiger partial charge is 0.346 e. The van der Waals surface area contributed by atoms with Crippen LogP contribution in [0.1, 0.15) is 16.9 Å². The maximum atomic E-state index is 13.5. The number of benzene rings is 1. The van der Waals surface area contributed by atoms with Gasteiger partial charge in [-0.3, -0.25) is 4.79 Å². The second-order valence-electron chi connectivity index (χ2n) is 5.53. The van der Waals surface area contributed by atoms with Gasteiger partial charge in [0.1, 0.15) is 11.6 Å². The average Bonchev–Trinajstić information content (AvgIpc) is 3.15. The normalized spacial score (nSPS) is 16.6. The van der Waals surface area contributed by atoms with Gasteiger partial charge in [0.15, 0.2) is 5.13 Å². The highest BCUT2D eigenvalue weighted by atomic mass is 32.1. The number of carbonyl (C=O) groups is 1. The Bertz CT molecular complexity index is 825. The molecule has 1 aromatic heterocycles. The zero-order valence-corrected chi connectivity index (χ0v) is 13.8. The number of aromatic nitrogens is 1. The van der Waals surface area contributed by atoms with Crippen molar-refractivity contribution < 1.29 is 13.6 Å². The topological polar surface area (TPSA) is 45.2 Å². The van der Waals surface area contributed by atoms with E-state index in [9.17, 15) is 13.6 Å². The van der Waals surface area contributed by atoms with Crippen LogP contribution in [0.15, 0.2) is 24.4 Å². The highest BCUT2D eigenvalue weighted by Gasteiger charge is 2.25. The minimum absolute atomic E-state index is 0.00198. The lowest BCUT2D eigenvalue weighted by molar-refractivity contribution is -0.116. The molecular formula is C17H15F2N3OS. The third kappa shape index (κ3) is 3.89. The zero-order chi connectivity index (χ0) is 17.1. The molecule has 7 heteroatoms. The van der Waals surface area contributed by atoms with Gasteiger partial charge in [-0.2, -0.15) is 0 Å². The van der Waals surface area contributed by atoms with Crippen LogP contribution in [0.4, 0.5) is 13.9 Å². The number of hydrogen-bond donors (Lipinski definition) is 1. The van der Waals surface area contributed by atoms with Gasteiger partial charge in [0, 0.05) is 42.2 Å². The molecular weight excluding hydrogens is 332 g/mol. The Morgan fingerprint density at radius 2 is 2.29 bits per heavy atom. The number of rotatable bonds is 2. The van der Waals surface area contributed by atoms with Crippen LogP contribution in [0.25, 0.3) is 0 Å². The van der Waals surface area contributed by atoms with Crippen molar-refractivity contribution in [3.8, 4) is 11.8 Å². The zero-order valence-electron chi connectivity index (χ0n) is 13.0. The summed E-state index contributed by atoms with van der Waals surface area (Å²) in [6.07, 6.45) is 2.63. The molecule has 1 aromatic carbocycles. The third-order valence-electron chi connectivity index (χ3n) is 3.64. The highest BCUT2D eigenvalue weighted by Crippen LogP contribution is 2.25. The summed E-state index contributed by atoms with van der Waals surface area (Å²) in [7, 11) is 0. The van der Waals surface area contributed by atoms with Crippen molar-refractivity contribution in [2.24, 2.45) is 0 Å². The summed E-state index contributed by atoms with van der Waals surface area (Å²) in [6, 6.07) is 3.05. The van der Waals surface area contributed by atoms with Crippen molar-refractivity contribution in [2.75, 3.05) is 18.0 Å². The summed E-state index contributed by atoms with van der Waals surface area (Å²) in [5, 5.41) is 3.76. The van der Waals surface area contributed by atoms with Gasteiger partial charge in [-0.1, -0.05) is 5.92 Å². The lowest BCUT2D eigenvalue weighted by Gasteiger charge is -2.14. The van der Waals surface area contributed by atoms with Gasteiger partial charge in [-0.05, 0) is 25.5 Å². The molecule has 1 atom stereocenters. The molecule has 0 aliphatic carbocycles. The Balaban J connectivity index is 1.57. The molecule has 1 aliphatic rings. The standard InChI is InChI=1S/C17H15F2N3OS/c1-11-9-20-17(24-11)22-7-6-14(10-22)21-16(23)5-3-12-2-4-13(18)8-15(12)19/h2,4,8-9,14H,6-7,10H2,1H3,(H,21,23). The predicted molar refractivity (Wildman–Crippen MR) is 88.8 cm³/mol. The van der Waals surface area contributed by atoms with Crippen molar-refractivity contribution in [1.29, 1.82) is 0 Å². The van der Waals surface area contributed by atoms with E-state index < -0.39 is 17.5 Å². The van der Waals surface area contributed by atoms with Crippen LogP contribution < -0.4 is 10.2 Å². The van der Waals surface area contributed by atoms with Gasteiger partial charge < -0.3 is 10.2 Å². The molecule has 0 saturated carbocycles. The highest BCUT2D eigenvalue weighted by molar-refractivity contribution is 7.15. The molecule has 4 nitrogen and oxygen atoms in total. The summed E-state index contributed by atoms with van der Waals surface area (Å²) in [4.78, 5) is 19.5. The van der Waals surface area contributed by atoms with Gasteiger partial charge in [0.2, 0.25) is 0 Å². The minimum Gasteiger partial charge on any atom is -0.346 e. The quantitative estimate of drug-likeness (QED) is 0.849. The van der Waals surface area contributed by atoms with E-state index in [4.69, 9.17) is 0 Å². The Morgan fingerprint density at radius 1 is 1.46 bits per heavy atom. The molecule has 0 spiro atoms. The average molecular weight is 347 g/mol. The number of carbonyl (C=O) groups excluding carboxylic acids is 1. The first-order chi connectivity index (χ1) is 11.5. The first kappa shape index (κ1) is 16.4. The summed E-state index contributed by atoms with van der Waals surface area (Å²) >= 11 is 1.62. The molecule has 1 fully saturated rings. The number of nitrogens with zero attached hydrogens (tertiary/aromatic N) is 2. The first-order valence-corrected chi connectivity index (χ1v) is 8.28. The fourth-order valence-corrected chi connectivity index (χ4v) is 3.27. The molecule has 1 saturated heterocycles. The fourth-order valence-electron chi connectivity index (χ4n) is 2.48. The smallest absolute Gasteiger partial charge is 0.296 e. The number of anilines is 1. The molecule has 3 rings (SSSR count).